The van der Waals surface area contributed by atoms with Crippen molar-refractivity contribution in [3.8, 4) is 0 Å². The molecule has 0 aliphatic rings. The van der Waals surface area contributed by atoms with Gasteiger partial charge in [-0.2, -0.15) is 0 Å². The summed E-state index contributed by atoms with van der Waals surface area (Å²) >= 11 is 0. The Labute approximate surface area is 85.5 Å². The lowest BCUT2D eigenvalue weighted by molar-refractivity contribution is -0.0651. The highest BCUT2D eigenvalue weighted by Gasteiger charge is 2.27. The van der Waals surface area contributed by atoms with Crippen molar-refractivity contribution in [3.63, 3.8) is 0 Å². The number of ether oxygens (including phenoxy) is 1. The van der Waals surface area contributed by atoms with Crippen molar-refractivity contribution in [1.82, 2.24) is 4.90 Å². The Balaban J connectivity index is 4.26. The van der Waals surface area contributed by atoms with Gasteiger partial charge < -0.3 is 25.6 Å². The summed E-state index contributed by atoms with van der Waals surface area (Å²) in [7, 11) is 3.68. The van der Waals surface area contributed by atoms with Crippen LogP contribution in [0.15, 0.2) is 0 Å². The van der Waals surface area contributed by atoms with Crippen molar-refractivity contribution < 1.29 is 14.9 Å². The maximum Gasteiger partial charge on any atom is 0.0985 e. The zero-order valence-electron chi connectivity index (χ0n) is 9.18. The van der Waals surface area contributed by atoms with Gasteiger partial charge in [-0.1, -0.05) is 0 Å². The van der Waals surface area contributed by atoms with E-state index in [9.17, 15) is 5.11 Å². The molecule has 0 aromatic heterocycles. The highest BCUT2D eigenvalue weighted by atomic mass is 16.5. The average molecular weight is 206 g/mol. The molecule has 86 valence electrons. The Hall–Kier alpha value is -0.200. The first kappa shape index (κ1) is 13.8. The predicted molar refractivity (Wildman–Crippen MR) is 55.0 cm³/mol. The first-order chi connectivity index (χ1) is 6.54. The van der Waals surface area contributed by atoms with Gasteiger partial charge in [0.1, 0.15) is 0 Å². The number of hydrogen-bond acceptors (Lipinski definition) is 5. The lowest BCUT2D eigenvalue weighted by Gasteiger charge is -2.33. The molecule has 14 heavy (non-hydrogen) atoms. The van der Waals surface area contributed by atoms with Crippen molar-refractivity contribution in [2.45, 2.75) is 25.2 Å². The van der Waals surface area contributed by atoms with Crippen molar-refractivity contribution in [2.24, 2.45) is 5.73 Å². The normalized spacial score (nSPS) is 18.2. The molecular weight excluding hydrogens is 184 g/mol. The van der Waals surface area contributed by atoms with Crippen molar-refractivity contribution in [3.05, 3.63) is 0 Å². The molecule has 5 nitrogen and oxygen atoms in total. The van der Waals surface area contributed by atoms with E-state index in [1.54, 1.807) is 6.92 Å². The molecule has 0 aliphatic heterocycles. The summed E-state index contributed by atoms with van der Waals surface area (Å²) in [6, 6.07) is -0.216. The number of rotatable bonds is 7. The third kappa shape index (κ3) is 4.34. The van der Waals surface area contributed by atoms with E-state index in [4.69, 9.17) is 15.6 Å². The number of nitrogens with zero attached hydrogens (tertiary/aromatic N) is 1. The summed E-state index contributed by atoms with van der Waals surface area (Å²) in [6.07, 6.45) is -0.950. The van der Waals surface area contributed by atoms with E-state index in [1.165, 1.54) is 0 Å². The van der Waals surface area contributed by atoms with Crippen molar-refractivity contribution >= 4 is 0 Å². The van der Waals surface area contributed by atoms with Gasteiger partial charge in [0.2, 0.25) is 0 Å². The number of nitrogens with two attached hydrogens (primary N) is 1. The maximum absolute atomic E-state index is 9.52. The maximum atomic E-state index is 9.52. The van der Waals surface area contributed by atoms with Crippen LogP contribution in [0.5, 0.6) is 0 Å². The molecule has 0 aliphatic carbocycles. The fourth-order valence-corrected chi connectivity index (χ4v) is 1.55. The Morgan fingerprint density at radius 3 is 2.29 bits per heavy atom. The molecule has 0 spiro atoms. The van der Waals surface area contributed by atoms with E-state index >= 15 is 0 Å². The van der Waals surface area contributed by atoms with Gasteiger partial charge in [-0.15, -0.1) is 0 Å². The Morgan fingerprint density at radius 2 is 2.00 bits per heavy atom. The average Bonchev–Trinajstić information content (AvgIpc) is 2.10. The molecule has 0 heterocycles. The molecule has 4 N–H and O–H groups in total. The fraction of sp³-hybridized carbons (Fsp3) is 1.00. The molecule has 0 aromatic carbocycles. The van der Waals surface area contributed by atoms with Gasteiger partial charge in [-0.3, -0.25) is 0 Å². The van der Waals surface area contributed by atoms with Gasteiger partial charge in [0.05, 0.1) is 31.5 Å². The highest BCUT2D eigenvalue weighted by Crippen LogP contribution is 2.09. The lowest BCUT2D eigenvalue weighted by atomic mass is 10.1. The molecule has 0 saturated heterocycles. The first-order valence-corrected chi connectivity index (χ1v) is 4.81. The van der Waals surface area contributed by atoms with Crippen LogP contribution in [-0.4, -0.2) is 67.2 Å². The Kier molecular flexibility index (Phi) is 7.04. The molecule has 3 atom stereocenters. The van der Waals surface area contributed by atoms with E-state index in [0.29, 0.717) is 13.2 Å². The van der Waals surface area contributed by atoms with E-state index in [2.05, 4.69) is 0 Å². The largest absolute Gasteiger partial charge is 0.394 e. The van der Waals surface area contributed by atoms with E-state index < -0.39 is 12.2 Å². The third-order valence-corrected chi connectivity index (χ3v) is 2.10. The summed E-state index contributed by atoms with van der Waals surface area (Å²) < 4.78 is 5.35. The number of aliphatic hydroxyl groups is 2. The standard InChI is InChI=1S/C9H22N2O3/c1-7(13)9(11(2)3)8(6-12)14-5-4-10/h7-9,12-13H,4-6,10H2,1-3H3. The second-order valence-corrected chi connectivity index (χ2v) is 3.58. The van der Waals surface area contributed by atoms with Crippen LogP contribution in [0.4, 0.5) is 0 Å². The lowest BCUT2D eigenvalue weighted by Crippen LogP contribution is -2.49. The van der Waals surface area contributed by atoms with E-state index in [0.717, 1.165) is 0 Å². The molecule has 0 amide bonds. The van der Waals surface area contributed by atoms with Crippen LogP contribution < -0.4 is 5.73 Å². The molecule has 0 bridgehead atoms. The molecule has 0 aromatic rings. The first-order valence-electron chi connectivity index (χ1n) is 4.81. The predicted octanol–water partition coefficient (Wildman–Crippen LogP) is -1.37. The molecule has 3 unspecified atom stereocenters. The monoisotopic (exact) mass is 206 g/mol. The summed E-state index contributed by atoms with van der Waals surface area (Å²) in [5.74, 6) is 0. The minimum absolute atomic E-state index is 0.117. The van der Waals surface area contributed by atoms with Crippen LogP contribution in [0, 0.1) is 0 Å². The number of hydrogen-bond donors (Lipinski definition) is 3. The second kappa shape index (κ2) is 7.14. The molecule has 5 heteroatoms. The van der Waals surface area contributed by atoms with Crippen LogP contribution in [0.3, 0.4) is 0 Å². The van der Waals surface area contributed by atoms with Crippen LogP contribution >= 0.6 is 0 Å². The zero-order valence-corrected chi connectivity index (χ0v) is 9.18. The van der Waals surface area contributed by atoms with Crippen LogP contribution in [0.2, 0.25) is 0 Å². The molecule has 0 fully saturated rings. The molecule has 0 rings (SSSR count). The number of likely N-dealkylation sites (N-methyl/N-ethyl adjacent to an activating group) is 1. The van der Waals surface area contributed by atoms with Crippen molar-refractivity contribution in [2.75, 3.05) is 33.9 Å². The summed E-state index contributed by atoms with van der Waals surface area (Å²) in [6.45, 7) is 2.37. The van der Waals surface area contributed by atoms with Crippen LogP contribution in [0.25, 0.3) is 0 Å². The molecule has 0 radical (unpaired) electrons. The minimum Gasteiger partial charge on any atom is -0.394 e. The topological polar surface area (TPSA) is 78.9 Å². The third-order valence-electron chi connectivity index (χ3n) is 2.10. The van der Waals surface area contributed by atoms with Crippen LogP contribution in [0.1, 0.15) is 6.92 Å². The van der Waals surface area contributed by atoms with E-state index in [1.807, 2.05) is 19.0 Å². The zero-order chi connectivity index (χ0) is 11.1. The van der Waals surface area contributed by atoms with Gasteiger partial charge >= 0.3 is 0 Å². The van der Waals surface area contributed by atoms with Gasteiger partial charge in [0, 0.05) is 6.54 Å². The van der Waals surface area contributed by atoms with Gasteiger partial charge in [0.15, 0.2) is 0 Å². The van der Waals surface area contributed by atoms with Gasteiger partial charge in [-0.05, 0) is 21.0 Å². The van der Waals surface area contributed by atoms with Crippen molar-refractivity contribution in [1.29, 1.82) is 0 Å². The molecular formula is C9H22N2O3. The Bertz CT molecular complexity index is 134. The second-order valence-electron chi connectivity index (χ2n) is 3.58. The minimum atomic E-state index is -0.556. The van der Waals surface area contributed by atoms with E-state index in [-0.39, 0.29) is 12.6 Å². The smallest absolute Gasteiger partial charge is 0.0985 e. The summed E-state index contributed by atoms with van der Waals surface area (Å²) in [5.41, 5.74) is 5.30. The quantitative estimate of drug-likeness (QED) is 0.479. The number of aliphatic hydroxyl groups excluding tert-OH is 2. The van der Waals surface area contributed by atoms with Crippen LogP contribution in [-0.2, 0) is 4.74 Å². The van der Waals surface area contributed by atoms with Gasteiger partial charge in [0.25, 0.3) is 0 Å². The SMILES string of the molecule is CC(O)C(C(CO)OCCN)N(C)C. The summed E-state index contributed by atoms with van der Waals surface area (Å²) in [4.78, 5) is 1.84. The Morgan fingerprint density at radius 1 is 1.43 bits per heavy atom. The molecule has 0 saturated carbocycles. The highest BCUT2D eigenvalue weighted by molar-refractivity contribution is 4.81. The van der Waals surface area contributed by atoms with Gasteiger partial charge in [-0.25, -0.2) is 0 Å². The summed E-state index contributed by atoms with van der Waals surface area (Å²) in [5, 5.41) is 18.6. The fourth-order valence-electron chi connectivity index (χ4n) is 1.55.